The van der Waals surface area contributed by atoms with Gasteiger partial charge < -0.3 is 4.74 Å². The van der Waals surface area contributed by atoms with Crippen LogP contribution in [0.4, 0.5) is 0 Å². The first-order chi connectivity index (χ1) is 11.9. The van der Waals surface area contributed by atoms with E-state index in [-0.39, 0.29) is 5.56 Å². The Morgan fingerprint density at radius 3 is 2.20 bits per heavy atom. The summed E-state index contributed by atoms with van der Waals surface area (Å²) in [5.41, 5.74) is 6.13. The van der Waals surface area contributed by atoms with Gasteiger partial charge in [-0.3, -0.25) is 20.4 Å². The molecule has 0 aliphatic heterocycles. The molecule has 6 heteroatoms. The fourth-order valence-corrected chi connectivity index (χ4v) is 2.34. The van der Waals surface area contributed by atoms with Gasteiger partial charge >= 0.3 is 0 Å². The maximum atomic E-state index is 12.1. The molecule has 1 atom stereocenters. The summed E-state index contributed by atoms with van der Waals surface area (Å²) in [5.74, 6) is 0.0556. The minimum Gasteiger partial charge on any atom is -0.481 e. The monoisotopic (exact) mass is 360 g/mol. The molecule has 0 radical (unpaired) electrons. The van der Waals surface area contributed by atoms with E-state index < -0.39 is 17.9 Å². The average Bonchev–Trinajstić information content (AvgIpc) is 2.60. The fraction of sp³-hybridized carbons (Fsp3) is 0.263. The Bertz CT molecular complexity index is 745. The SMILES string of the molecule is CC(C)c1ccc(O[C@H](C)C(=O)NNC(=O)c2ccccc2Cl)cc1. The third kappa shape index (κ3) is 5.22. The number of benzene rings is 2. The lowest BCUT2D eigenvalue weighted by Crippen LogP contribution is -2.47. The summed E-state index contributed by atoms with van der Waals surface area (Å²) in [6.07, 6.45) is -0.767. The number of amides is 2. The van der Waals surface area contributed by atoms with Crippen LogP contribution in [0.3, 0.4) is 0 Å². The van der Waals surface area contributed by atoms with Gasteiger partial charge in [-0.1, -0.05) is 49.7 Å². The second-order valence-corrected chi connectivity index (χ2v) is 6.31. The maximum Gasteiger partial charge on any atom is 0.279 e. The molecule has 0 aromatic heterocycles. The molecule has 2 aromatic carbocycles. The van der Waals surface area contributed by atoms with E-state index in [1.54, 1.807) is 31.2 Å². The number of halogens is 1. The highest BCUT2D eigenvalue weighted by molar-refractivity contribution is 6.33. The van der Waals surface area contributed by atoms with Gasteiger partial charge in [0, 0.05) is 0 Å². The summed E-state index contributed by atoms with van der Waals surface area (Å²) >= 11 is 5.94. The Kier molecular flexibility index (Phi) is 6.42. The molecule has 0 heterocycles. The lowest BCUT2D eigenvalue weighted by atomic mass is 10.0. The molecule has 5 nitrogen and oxygen atoms in total. The molecule has 2 N–H and O–H groups in total. The fourth-order valence-electron chi connectivity index (χ4n) is 2.12. The van der Waals surface area contributed by atoms with Gasteiger partial charge in [-0.2, -0.15) is 0 Å². The van der Waals surface area contributed by atoms with Gasteiger partial charge in [-0.25, -0.2) is 0 Å². The number of hydrogen-bond acceptors (Lipinski definition) is 3. The Hall–Kier alpha value is -2.53. The van der Waals surface area contributed by atoms with Crippen LogP contribution in [0.15, 0.2) is 48.5 Å². The molecule has 25 heavy (non-hydrogen) atoms. The van der Waals surface area contributed by atoms with Crippen LogP contribution in [0.1, 0.15) is 42.6 Å². The lowest BCUT2D eigenvalue weighted by Gasteiger charge is -2.16. The highest BCUT2D eigenvalue weighted by atomic mass is 35.5. The van der Waals surface area contributed by atoms with Crippen molar-refractivity contribution in [2.45, 2.75) is 32.8 Å². The summed E-state index contributed by atoms with van der Waals surface area (Å²) in [7, 11) is 0. The maximum absolute atomic E-state index is 12.1. The Balaban J connectivity index is 1.88. The minimum absolute atomic E-state index is 0.280. The summed E-state index contributed by atoms with van der Waals surface area (Å²) < 4.78 is 5.58. The Morgan fingerprint density at radius 2 is 1.60 bits per heavy atom. The molecule has 0 fully saturated rings. The summed E-state index contributed by atoms with van der Waals surface area (Å²) in [6, 6.07) is 14.1. The molecule has 0 aliphatic carbocycles. The second-order valence-electron chi connectivity index (χ2n) is 5.91. The van der Waals surface area contributed by atoms with Crippen molar-refractivity contribution in [2.75, 3.05) is 0 Å². The van der Waals surface area contributed by atoms with Crippen LogP contribution in [-0.2, 0) is 4.79 Å². The molecule has 0 bridgehead atoms. The van der Waals surface area contributed by atoms with Crippen molar-refractivity contribution < 1.29 is 14.3 Å². The van der Waals surface area contributed by atoms with E-state index in [0.29, 0.717) is 16.7 Å². The second kappa shape index (κ2) is 8.53. The quantitative estimate of drug-likeness (QED) is 0.799. The zero-order valence-corrected chi connectivity index (χ0v) is 15.1. The number of rotatable bonds is 5. The van der Waals surface area contributed by atoms with Gasteiger partial charge in [0.15, 0.2) is 6.10 Å². The number of carbonyl (C=O) groups is 2. The first-order valence-corrected chi connectivity index (χ1v) is 8.37. The van der Waals surface area contributed by atoms with Gasteiger partial charge in [-0.15, -0.1) is 0 Å². The lowest BCUT2D eigenvalue weighted by molar-refractivity contribution is -0.128. The molecule has 0 saturated heterocycles. The zero-order valence-electron chi connectivity index (χ0n) is 14.4. The van der Waals surface area contributed by atoms with E-state index in [1.165, 1.54) is 5.56 Å². The number of hydrogen-bond donors (Lipinski definition) is 2. The number of carbonyl (C=O) groups excluding carboxylic acids is 2. The van der Waals surface area contributed by atoms with Crippen LogP contribution in [0.25, 0.3) is 0 Å². The van der Waals surface area contributed by atoms with Crippen LogP contribution in [-0.4, -0.2) is 17.9 Å². The predicted molar refractivity (Wildman–Crippen MR) is 97.7 cm³/mol. The summed E-state index contributed by atoms with van der Waals surface area (Å²) in [6.45, 7) is 5.81. The normalized spacial score (nSPS) is 11.7. The van der Waals surface area contributed by atoms with Crippen molar-refractivity contribution >= 4 is 23.4 Å². The number of hydrazine groups is 1. The molecular weight excluding hydrogens is 340 g/mol. The summed E-state index contributed by atoms with van der Waals surface area (Å²) in [5, 5.41) is 0.309. The van der Waals surface area contributed by atoms with Crippen molar-refractivity contribution in [3.8, 4) is 5.75 Å². The van der Waals surface area contributed by atoms with E-state index in [9.17, 15) is 9.59 Å². The van der Waals surface area contributed by atoms with Gasteiger partial charge in [-0.05, 0) is 42.7 Å². The molecular formula is C19H21ClN2O3. The highest BCUT2D eigenvalue weighted by Crippen LogP contribution is 2.19. The van der Waals surface area contributed by atoms with Gasteiger partial charge in [0.05, 0.1) is 10.6 Å². The predicted octanol–water partition coefficient (Wildman–Crippen LogP) is 3.69. The molecule has 0 unspecified atom stereocenters. The van der Waals surface area contributed by atoms with Crippen molar-refractivity contribution in [3.63, 3.8) is 0 Å². The van der Waals surface area contributed by atoms with Crippen LogP contribution in [0, 0.1) is 0 Å². The topological polar surface area (TPSA) is 67.4 Å². The van der Waals surface area contributed by atoms with E-state index in [2.05, 4.69) is 24.7 Å². The van der Waals surface area contributed by atoms with Crippen LogP contribution in [0.5, 0.6) is 5.75 Å². The summed E-state index contributed by atoms with van der Waals surface area (Å²) in [4.78, 5) is 24.1. The van der Waals surface area contributed by atoms with Crippen molar-refractivity contribution in [1.82, 2.24) is 10.9 Å². The van der Waals surface area contributed by atoms with Crippen LogP contribution in [0.2, 0.25) is 5.02 Å². The number of ether oxygens (including phenoxy) is 1. The van der Waals surface area contributed by atoms with Crippen molar-refractivity contribution in [2.24, 2.45) is 0 Å². The van der Waals surface area contributed by atoms with Crippen molar-refractivity contribution in [3.05, 3.63) is 64.7 Å². The molecule has 2 rings (SSSR count). The van der Waals surface area contributed by atoms with Gasteiger partial charge in [0.2, 0.25) is 0 Å². The standard InChI is InChI=1S/C19H21ClN2O3/c1-12(2)14-8-10-15(11-9-14)25-13(3)18(23)21-22-19(24)16-6-4-5-7-17(16)20/h4-13H,1-3H3,(H,21,23)(H,22,24)/t13-/m1/s1. The molecule has 0 saturated carbocycles. The largest absolute Gasteiger partial charge is 0.481 e. The van der Waals surface area contributed by atoms with Crippen LogP contribution >= 0.6 is 11.6 Å². The van der Waals surface area contributed by atoms with E-state index in [4.69, 9.17) is 16.3 Å². The van der Waals surface area contributed by atoms with E-state index >= 15 is 0 Å². The van der Waals surface area contributed by atoms with Gasteiger partial charge in [0.25, 0.3) is 11.8 Å². The average molecular weight is 361 g/mol. The van der Waals surface area contributed by atoms with E-state index in [1.807, 2.05) is 24.3 Å². The minimum atomic E-state index is -0.767. The van der Waals surface area contributed by atoms with E-state index in [0.717, 1.165) is 0 Å². The van der Waals surface area contributed by atoms with Crippen LogP contribution < -0.4 is 15.6 Å². The first-order valence-electron chi connectivity index (χ1n) is 8.00. The van der Waals surface area contributed by atoms with Gasteiger partial charge in [0.1, 0.15) is 5.75 Å². The molecule has 2 amide bonds. The third-order valence-electron chi connectivity index (χ3n) is 3.65. The third-order valence-corrected chi connectivity index (χ3v) is 3.98. The zero-order chi connectivity index (χ0) is 18.4. The molecule has 2 aromatic rings. The molecule has 0 spiro atoms. The number of nitrogens with one attached hydrogen (secondary N) is 2. The first kappa shape index (κ1) is 18.8. The molecule has 132 valence electrons. The Morgan fingerprint density at radius 1 is 0.960 bits per heavy atom. The smallest absolute Gasteiger partial charge is 0.279 e. The Labute approximate surface area is 152 Å². The highest BCUT2D eigenvalue weighted by Gasteiger charge is 2.17. The van der Waals surface area contributed by atoms with Crippen molar-refractivity contribution in [1.29, 1.82) is 0 Å². The molecule has 0 aliphatic rings.